The van der Waals surface area contributed by atoms with Crippen molar-refractivity contribution in [3.63, 3.8) is 0 Å². The highest BCUT2D eigenvalue weighted by Gasteiger charge is 2.27. The molecule has 24 heavy (non-hydrogen) atoms. The number of pyridine rings is 1. The summed E-state index contributed by atoms with van der Waals surface area (Å²) in [5.41, 5.74) is 1.16. The Labute approximate surface area is 147 Å². The highest BCUT2D eigenvalue weighted by molar-refractivity contribution is 7.99. The van der Waals surface area contributed by atoms with Crippen LogP contribution in [-0.4, -0.2) is 36.5 Å². The third kappa shape index (κ3) is 4.26. The Morgan fingerprint density at radius 3 is 2.50 bits per heavy atom. The number of aromatic nitrogens is 1. The molecule has 0 amide bonds. The molecule has 2 aromatic rings. The van der Waals surface area contributed by atoms with Gasteiger partial charge in [-0.05, 0) is 30.5 Å². The van der Waals surface area contributed by atoms with Gasteiger partial charge in [-0.15, -0.1) is 11.8 Å². The minimum Gasteiger partial charge on any atom is -0.249 e. The summed E-state index contributed by atoms with van der Waals surface area (Å²) in [4.78, 5) is 4.57. The van der Waals surface area contributed by atoms with Gasteiger partial charge < -0.3 is 0 Å². The minimum atomic E-state index is -3.37. The van der Waals surface area contributed by atoms with E-state index in [4.69, 9.17) is 0 Å². The average Bonchev–Trinajstić information content (AvgIpc) is 3.16. The largest absolute Gasteiger partial charge is 0.249 e. The van der Waals surface area contributed by atoms with Crippen LogP contribution in [0, 0.1) is 0 Å². The van der Waals surface area contributed by atoms with Crippen LogP contribution in [0.4, 0.5) is 0 Å². The van der Waals surface area contributed by atoms with Gasteiger partial charge in [0.25, 0.3) is 0 Å². The summed E-state index contributed by atoms with van der Waals surface area (Å²) >= 11 is 1.58. The van der Waals surface area contributed by atoms with Gasteiger partial charge in [-0.2, -0.15) is 4.31 Å². The van der Waals surface area contributed by atoms with E-state index in [-0.39, 0.29) is 4.90 Å². The van der Waals surface area contributed by atoms with E-state index in [1.807, 2.05) is 18.2 Å². The third-order valence-electron chi connectivity index (χ3n) is 3.85. The van der Waals surface area contributed by atoms with Gasteiger partial charge in [0.15, 0.2) is 0 Å². The lowest BCUT2D eigenvalue weighted by atomic mass is 10.2. The molecule has 0 aliphatic carbocycles. The van der Waals surface area contributed by atoms with Gasteiger partial charge in [0.2, 0.25) is 10.0 Å². The lowest BCUT2D eigenvalue weighted by Gasteiger charge is -2.15. The second-order valence-corrected chi connectivity index (χ2v) is 8.55. The second-order valence-electron chi connectivity index (χ2n) is 5.57. The molecule has 1 aliphatic rings. The first-order chi connectivity index (χ1) is 11.7. The number of hydrogen-bond acceptors (Lipinski definition) is 4. The first kappa shape index (κ1) is 17.2. The molecule has 1 aliphatic heterocycles. The van der Waals surface area contributed by atoms with Crippen molar-refractivity contribution in [2.45, 2.75) is 22.8 Å². The number of sulfonamides is 1. The fraction of sp³-hybridized carbons (Fsp3) is 0.278. The van der Waals surface area contributed by atoms with Crippen molar-refractivity contribution in [2.24, 2.45) is 0 Å². The molecule has 126 valence electrons. The number of benzene rings is 1. The van der Waals surface area contributed by atoms with Crippen LogP contribution < -0.4 is 0 Å². The van der Waals surface area contributed by atoms with E-state index in [9.17, 15) is 8.42 Å². The Bertz CT molecular complexity index is 782. The van der Waals surface area contributed by atoms with Crippen LogP contribution >= 0.6 is 11.8 Å². The first-order valence-corrected chi connectivity index (χ1v) is 10.4. The topological polar surface area (TPSA) is 50.3 Å². The van der Waals surface area contributed by atoms with E-state index in [1.165, 1.54) is 6.20 Å². The molecule has 1 fully saturated rings. The molecule has 1 saturated heterocycles. The summed E-state index contributed by atoms with van der Waals surface area (Å²) in [6.07, 6.45) is 7.50. The van der Waals surface area contributed by atoms with Crippen molar-refractivity contribution in [1.29, 1.82) is 0 Å². The van der Waals surface area contributed by atoms with E-state index in [0.29, 0.717) is 13.1 Å². The van der Waals surface area contributed by atoms with Crippen molar-refractivity contribution >= 4 is 27.9 Å². The van der Waals surface area contributed by atoms with Gasteiger partial charge in [-0.3, -0.25) is 0 Å². The Morgan fingerprint density at radius 1 is 1.08 bits per heavy atom. The summed E-state index contributed by atoms with van der Waals surface area (Å²) in [5, 5.41) is 0.827. The van der Waals surface area contributed by atoms with Gasteiger partial charge in [0.05, 0.1) is 5.03 Å². The van der Waals surface area contributed by atoms with Crippen molar-refractivity contribution in [2.75, 3.05) is 18.8 Å². The molecule has 0 radical (unpaired) electrons. The Hall–Kier alpha value is -1.63. The molecule has 3 rings (SSSR count). The molecular formula is C18H20N2O2S2. The maximum atomic E-state index is 12.4. The van der Waals surface area contributed by atoms with Crippen molar-refractivity contribution in [1.82, 2.24) is 9.29 Å². The van der Waals surface area contributed by atoms with Crippen molar-refractivity contribution < 1.29 is 8.42 Å². The fourth-order valence-electron chi connectivity index (χ4n) is 2.56. The molecule has 6 heteroatoms. The van der Waals surface area contributed by atoms with Gasteiger partial charge >= 0.3 is 0 Å². The van der Waals surface area contributed by atoms with Crippen molar-refractivity contribution in [3.8, 4) is 0 Å². The number of thioether (sulfide) groups is 1. The summed E-state index contributed by atoms with van der Waals surface area (Å²) in [7, 11) is -3.37. The maximum Gasteiger partial charge on any atom is 0.244 e. The molecule has 0 bridgehead atoms. The molecule has 1 aromatic heterocycles. The Kier molecular flexibility index (Phi) is 5.71. The maximum absolute atomic E-state index is 12.4. The molecule has 4 nitrogen and oxygen atoms in total. The lowest BCUT2D eigenvalue weighted by molar-refractivity contribution is 0.477. The molecule has 0 N–H and O–H groups in total. The van der Waals surface area contributed by atoms with Gasteiger partial charge in [-0.25, -0.2) is 13.4 Å². The van der Waals surface area contributed by atoms with E-state index in [2.05, 4.69) is 29.3 Å². The van der Waals surface area contributed by atoms with E-state index in [1.54, 1.807) is 28.2 Å². The van der Waals surface area contributed by atoms with Gasteiger partial charge in [0, 0.05) is 25.0 Å². The number of rotatable bonds is 6. The van der Waals surface area contributed by atoms with Gasteiger partial charge in [0.1, 0.15) is 4.90 Å². The number of hydrogen-bond donors (Lipinski definition) is 0. The van der Waals surface area contributed by atoms with E-state index in [0.717, 1.165) is 29.2 Å². The van der Waals surface area contributed by atoms with Crippen LogP contribution in [0.5, 0.6) is 0 Å². The minimum absolute atomic E-state index is 0.286. The smallest absolute Gasteiger partial charge is 0.244 e. The zero-order chi connectivity index (χ0) is 16.8. The number of nitrogens with zero attached hydrogens (tertiary/aromatic N) is 2. The normalized spacial score (nSPS) is 16.0. The summed E-state index contributed by atoms with van der Waals surface area (Å²) < 4.78 is 26.4. The zero-order valence-electron chi connectivity index (χ0n) is 13.3. The van der Waals surface area contributed by atoms with Crippen LogP contribution in [0.3, 0.4) is 0 Å². The third-order valence-corrected chi connectivity index (χ3v) is 6.63. The highest BCUT2D eigenvalue weighted by atomic mass is 32.2. The predicted molar refractivity (Wildman–Crippen MR) is 98.4 cm³/mol. The molecule has 0 saturated carbocycles. The van der Waals surface area contributed by atoms with Crippen molar-refractivity contribution in [3.05, 3.63) is 60.3 Å². The first-order valence-electron chi connectivity index (χ1n) is 7.97. The molecule has 1 aromatic carbocycles. The van der Waals surface area contributed by atoms with E-state index >= 15 is 0 Å². The molecule has 0 spiro atoms. The zero-order valence-corrected chi connectivity index (χ0v) is 15.0. The molecule has 0 unspecified atom stereocenters. The van der Waals surface area contributed by atoms with Crippen LogP contribution in [0.2, 0.25) is 0 Å². The van der Waals surface area contributed by atoms with Crippen LogP contribution in [0.25, 0.3) is 6.08 Å². The Balaban J connectivity index is 1.57. The summed E-state index contributed by atoms with van der Waals surface area (Å²) in [6.45, 7) is 1.23. The molecular weight excluding hydrogens is 340 g/mol. The van der Waals surface area contributed by atoms with Gasteiger partial charge in [-0.1, -0.05) is 42.5 Å². The monoisotopic (exact) mass is 360 g/mol. The average molecular weight is 361 g/mol. The van der Waals surface area contributed by atoms with Crippen LogP contribution in [0.1, 0.15) is 18.4 Å². The highest BCUT2D eigenvalue weighted by Crippen LogP contribution is 2.22. The quantitative estimate of drug-likeness (QED) is 0.738. The van der Waals surface area contributed by atoms with Crippen LogP contribution in [-0.2, 0) is 10.0 Å². The molecule has 0 atom stereocenters. The SMILES string of the molecule is O=S(=O)(c1ccc(SCC=Cc2ccccc2)nc1)N1CCCC1. The second kappa shape index (κ2) is 7.96. The molecule has 2 heterocycles. The van der Waals surface area contributed by atoms with Crippen LogP contribution in [0.15, 0.2) is 64.7 Å². The Morgan fingerprint density at radius 2 is 1.83 bits per heavy atom. The van der Waals surface area contributed by atoms with E-state index < -0.39 is 10.0 Å². The lowest BCUT2D eigenvalue weighted by Crippen LogP contribution is -2.27. The standard InChI is InChI=1S/C18H20N2O2S2/c21-24(22,20-12-4-5-13-20)17-10-11-18(19-15-17)23-14-6-9-16-7-2-1-3-8-16/h1-3,6-11,15H,4-5,12-14H2. The fourth-order valence-corrected chi connectivity index (χ4v) is 4.68. The summed E-state index contributed by atoms with van der Waals surface area (Å²) in [5.74, 6) is 0.792. The summed E-state index contributed by atoms with van der Waals surface area (Å²) in [6, 6.07) is 13.6. The predicted octanol–water partition coefficient (Wildman–Crippen LogP) is 3.67.